The first-order valence-electron chi connectivity index (χ1n) is 7.01. The Kier molecular flexibility index (Phi) is 1.69. The van der Waals surface area contributed by atoms with Gasteiger partial charge in [-0.1, -0.05) is 60.7 Å². The molecule has 0 heterocycles. The second kappa shape index (κ2) is 3.27. The van der Waals surface area contributed by atoms with Gasteiger partial charge in [-0.05, 0) is 39.8 Å². The van der Waals surface area contributed by atoms with Crippen molar-refractivity contribution in [1.82, 2.24) is 0 Å². The fourth-order valence-electron chi connectivity index (χ4n) is 4.09. The summed E-state index contributed by atoms with van der Waals surface area (Å²) < 4.78 is 0. The third-order valence-electron chi connectivity index (χ3n) is 4.88. The fourth-order valence-corrected chi connectivity index (χ4v) is 4.09. The normalized spacial score (nSPS) is 28.3. The molecule has 5 rings (SSSR count). The van der Waals surface area contributed by atoms with E-state index in [4.69, 9.17) is 0 Å². The summed E-state index contributed by atoms with van der Waals surface area (Å²) in [5.74, 6) is 1.11. The van der Waals surface area contributed by atoms with Gasteiger partial charge in [-0.15, -0.1) is 0 Å². The summed E-state index contributed by atoms with van der Waals surface area (Å²) in [6.07, 6.45) is 17.3. The minimum absolute atomic E-state index is 0.551. The molecule has 1 aromatic rings. The van der Waals surface area contributed by atoms with Crippen LogP contribution in [0.25, 0.3) is 6.08 Å². The monoisotopic (exact) mass is 242 g/mol. The van der Waals surface area contributed by atoms with Gasteiger partial charge in [0.25, 0.3) is 0 Å². The van der Waals surface area contributed by atoms with Crippen molar-refractivity contribution in [3.05, 3.63) is 88.1 Å². The van der Waals surface area contributed by atoms with E-state index < -0.39 is 0 Å². The smallest absolute Gasteiger partial charge is 0.0204 e. The Balaban J connectivity index is 1.91. The van der Waals surface area contributed by atoms with Gasteiger partial charge in [-0.25, -0.2) is 0 Å². The van der Waals surface area contributed by atoms with Crippen LogP contribution in [0, 0.1) is 5.92 Å². The molecule has 0 N–H and O–H groups in total. The molecule has 0 bridgehead atoms. The van der Waals surface area contributed by atoms with Crippen LogP contribution < -0.4 is 0 Å². The minimum atomic E-state index is 0.551. The van der Waals surface area contributed by atoms with Gasteiger partial charge >= 0.3 is 0 Å². The third-order valence-corrected chi connectivity index (χ3v) is 4.88. The Bertz CT molecular complexity index is 750. The molecule has 0 aromatic heterocycles. The highest BCUT2D eigenvalue weighted by molar-refractivity contribution is 5.73. The highest BCUT2D eigenvalue weighted by Gasteiger charge is 2.39. The molecule has 4 aliphatic rings. The third kappa shape index (κ3) is 1.14. The van der Waals surface area contributed by atoms with Crippen LogP contribution in [0.1, 0.15) is 22.6 Å². The largest absolute Gasteiger partial charge is 0.0762 e. The lowest BCUT2D eigenvalue weighted by Gasteiger charge is -2.41. The summed E-state index contributed by atoms with van der Waals surface area (Å²) in [6.45, 7) is 0. The molecular formula is C19H14. The van der Waals surface area contributed by atoms with E-state index in [1.807, 2.05) is 0 Å². The van der Waals surface area contributed by atoms with Crippen molar-refractivity contribution in [2.75, 3.05) is 0 Å². The molecule has 0 spiro atoms. The van der Waals surface area contributed by atoms with Crippen molar-refractivity contribution in [3.8, 4) is 0 Å². The number of rotatable bonds is 0. The first-order chi connectivity index (χ1) is 9.42. The second-order valence-electron chi connectivity index (χ2n) is 5.79. The molecule has 0 fully saturated rings. The van der Waals surface area contributed by atoms with Crippen LogP contribution in [0.4, 0.5) is 0 Å². The van der Waals surface area contributed by atoms with Crippen molar-refractivity contribution in [2.45, 2.75) is 12.3 Å². The second-order valence-corrected chi connectivity index (χ2v) is 5.79. The van der Waals surface area contributed by atoms with E-state index in [2.05, 4.69) is 60.7 Å². The molecule has 0 heteroatoms. The van der Waals surface area contributed by atoms with Gasteiger partial charge < -0.3 is 0 Å². The summed E-state index contributed by atoms with van der Waals surface area (Å²) in [5.41, 5.74) is 9.00. The number of hydrogen-bond donors (Lipinski definition) is 0. The van der Waals surface area contributed by atoms with Crippen LogP contribution >= 0.6 is 0 Å². The van der Waals surface area contributed by atoms with E-state index >= 15 is 0 Å². The Labute approximate surface area is 113 Å². The lowest BCUT2D eigenvalue weighted by Crippen LogP contribution is -2.28. The SMILES string of the molecule is C1=CC2=Cc3cccc4c3C3C(=CC4)C=CC(=C1)C23. The molecule has 0 nitrogen and oxygen atoms in total. The van der Waals surface area contributed by atoms with Crippen molar-refractivity contribution >= 4 is 6.08 Å². The molecule has 0 saturated heterocycles. The van der Waals surface area contributed by atoms with Crippen LogP contribution in [0.15, 0.2) is 71.4 Å². The van der Waals surface area contributed by atoms with E-state index in [-0.39, 0.29) is 0 Å². The van der Waals surface area contributed by atoms with Crippen molar-refractivity contribution in [2.24, 2.45) is 5.92 Å². The fraction of sp³-hybridized carbons (Fsp3) is 0.158. The maximum absolute atomic E-state index is 2.42. The van der Waals surface area contributed by atoms with Crippen LogP contribution in [-0.4, -0.2) is 0 Å². The van der Waals surface area contributed by atoms with E-state index in [1.54, 1.807) is 5.56 Å². The van der Waals surface area contributed by atoms with Crippen LogP contribution in [-0.2, 0) is 6.42 Å². The van der Waals surface area contributed by atoms with Crippen LogP contribution in [0.2, 0.25) is 0 Å². The predicted octanol–water partition coefficient (Wildman–Crippen LogP) is 4.33. The minimum Gasteiger partial charge on any atom is -0.0762 e. The summed E-state index contributed by atoms with van der Waals surface area (Å²) in [6, 6.07) is 6.77. The molecule has 0 amide bonds. The lowest BCUT2D eigenvalue weighted by atomic mass is 9.62. The molecule has 1 aromatic carbocycles. The van der Waals surface area contributed by atoms with E-state index in [0.717, 1.165) is 6.42 Å². The van der Waals surface area contributed by atoms with Gasteiger partial charge in [0.05, 0.1) is 0 Å². The Hall–Kier alpha value is -2.08. The van der Waals surface area contributed by atoms with Gasteiger partial charge in [0.15, 0.2) is 0 Å². The zero-order valence-electron chi connectivity index (χ0n) is 10.6. The van der Waals surface area contributed by atoms with Gasteiger partial charge in [-0.2, -0.15) is 0 Å². The molecule has 90 valence electrons. The Morgan fingerprint density at radius 3 is 2.84 bits per heavy atom. The van der Waals surface area contributed by atoms with E-state index in [9.17, 15) is 0 Å². The van der Waals surface area contributed by atoms with Crippen LogP contribution in [0.5, 0.6) is 0 Å². The topological polar surface area (TPSA) is 0 Å². The Morgan fingerprint density at radius 2 is 1.84 bits per heavy atom. The molecule has 2 atom stereocenters. The molecule has 0 aliphatic heterocycles. The average Bonchev–Trinajstić information content (AvgIpc) is 2.47. The maximum atomic E-state index is 2.42. The standard InChI is InChI=1S/C19H14/c1-3-12-7-9-14-10-8-13-4-2-6-16-11-15(5-1)17(12)19(14)18(13)16/h1-7,9-11,17,19H,8H2. The number of hydrogen-bond acceptors (Lipinski definition) is 0. The average molecular weight is 242 g/mol. The first-order valence-corrected chi connectivity index (χ1v) is 7.01. The maximum Gasteiger partial charge on any atom is 0.0204 e. The molecule has 2 unspecified atom stereocenters. The van der Waals surface area contributed by atoms with Crippen molar-refractivity contribution < 1.29 is 0 Å². The highest BCUT2D eigenvalue weighted by Crippen LogP contribution is 2.53. The number of allylic oxidation sites excluding steroid dienone is 9. The van der Waals surface area contributed by atoms with Gasteiger partial charge in [0, 0.05) is 11.8 Å². The summed E-state index contributed by atoms with van der Waals surface area (Å²) >= 11 is 0. The molecule has 0 radical (unpaired) electrons. The van der Waals surface area contributed by atoms with Gasteiger partial charge in [0.2, 0.25) is 0 Å². The highest BCUT2D eigenvalue weighted by atomic mass is 14.4. The summed E-state index contributed by atoms with van der Waals surface area (Å²) in [7, 11) is 0. The Morgan fingerprint density at radius 1 is 0.895 bits per heavy atom. The van der Waals surface area contributed by atoms with Crippen molar-refractivity contribution in [1.29, 1.82) is 0 Å². The summed E-state index contributed by atoms with van der Waals surface area (Å²) in [4.78, 5) is 0. The molecule has 0 saturated carbocycles. The molecular weight excluding hydrogens is 228 g/mol. The molecule has 4 aliphatic carbocycles. The zero-order valence-corrected chi connectivity index (χ0v) is 10.6. The predicted molar refractivity (Wildman–Crippen MR) is 78.8 cm³/mol. The lowest BCUT2D eigenvalue weighted by molar-refractivity contribution is 0.604. The molecule has 19 heavy (non-hydrogen) atoms. The first kappa shape index (κ1) is 9.80. The number of benzene rings is 1. The van der Waals surface area contributed by atoms with Crippen molar-refractivity contribution in [3.63, 3.8) is 0 Å². The van der Waals surface area contributed by atoms with E-state index in [0.29, 0.717) is 11.8 Å². The van der Waals surface area contributed by atoms with Gasteiger partial charge in [-0.3, -0.25) is 0 Å². The summed E-state index contributed by atoms with van der Waals surface area (Å²) in [5, 5.41) is 0. The van der Waals surface area contributed by atoms with Crippen LogP contribution in [0.3, 0.4) is 0 Å². The zero-order chi connectivity index (χ0) is 12.4. The van der Waals surface area contributed by atoms with Gasteiger partial charge in [0.1, 0.15) is 0 Å². The van der Waals surface area contributed by atoms with E-state index in [1.165, 1.54) is 27.8 Å². The quantitative estimate of drug-likeness (QED) is 0.635.